The molecule has 0 atom stereocenters. The zero-order chi connectivity index (χ0) is 15.7. The van der Waals surface area contributed by atoms with Crippen LogP contribution in [0.3, 0.4) is 0 Å². The summed E-state index contributed by atoms with van der Waals surface area (Å²) in [6.07, 6.45) is 0. The van der Waals surface area contributed by atoms with Crippen LogP contribution in [-0.2, 0) is 0 Å². The van der Waals surface area contributed by atoms with Gasteiger partial charge in [0.25, 0.3) is 0 Å². The van der Waals surface area contributed by atoms with Crippen molar-refractivity contribution in [3.8, 4) is 11.5 Å². The number of benzene rings is 2. The van der Waals surface area contributed by atoms with Gasteiger partial charge >= 0.3 is 5.69 Å². The molecular formula is C12H4BrF4NO3. The largest absolute Gasteiger partial charge is 0.444 e. The minimum atomic E-state index is -1.68. The molecule has 21 heavy (non-hydrogen) atoms. The van der Waals surface area contributed by atoms with Crippen LogP contribution in [0.15, 0.2) is 28.7 Å². The molecule has 0 aliphatic heterocycles. The van der Waals surface area contributed by atoms with E-state index in [1.807, 2.05) is 0 Å². The Morgan fingerprint density at radius 3 is 2.33 bits per heavy atom. The van der Waals surface area contributed by atoms with Crippen LogP contribution in [0.25, 0.3) is 0 Å². The van der Waals surface area contributed by atoms with Gasteiger partial charge in [-0.1, -0.05) is 15.9 Å². The van der Waals surface area contributed by atoms with Crippen LogP contribution in [0.2, 0.25) is 0 Å². The van der Waals surface area contributed by atoms with Gasteiger partial charge in [-0.2, -0.15) is 8.78 Å². The van der Waals surface area contributed by atoms with Crippen LogP contribution in [0.1, 0.15) is 0 Å². The van der Waals surface area contributed by atoms with Crippen LogP contribution >= 0.6 is 15.9 Å². The van der Waals surface area contributed by atoms with Gasteiger partial charge in [0, 0.05) is 10.5 Å². The lowest BCUT2D eigenvalue weighted by Gasteiger charge is -2.09. The van der Waals surface area contributed by atoms with Crippen LogP contribution in [0, 0.1) is 33.4 Å². The fourth-order valence-corrected chi connectivity index (χ4v) is 1.89. The Hall–Kier alpha value is -2.16. The second kappa shape index (κ2) is 5.68. The molecule has 0 heterocycles. The van der Waals surface area contributed by atoms with E-state index in [1.165, 1.54) is 0 Å². The molecule has 0 N–H and O–H groups in total. The standard InChI is InChI=1S/C12H4BrF4NO3/c13-5-3-7(15)10(16)9(4-5)21-12-8(18(19)20)2-1-6(14)11(12)17/h1-4H. The van der Waals surface area contributed by atoms with E-state index in [0.29, 0.717) is 12.1 Å². The van der Waals surface area contributed by atoms with Gasteiger partial charge in [0.1, 0.15) is 0 Å². The smallest absolute Gasteiger partial charge is 0.314 e. The number of nitro groups is 1. The van der Waals surface area contributed by atoms with E-state index in [4.69, 9.17) is 0 Å². The van der Waals surface area contributed by atoms with Gasteiger partial charge in [-0.3, -0.25) is 10.1 Å². The molecule has 110 valence electrons. The summed E-state index contributed by atoms with van der Waals surface area (Å²) < 4.78 is 58.2. The van der Waals surface area contributed by atoms with Crippen molar-refractivity contribution < 1.29 is 27.2 Å². The van der Waals surface area contributed by atoms with Crippen molar-refractivity contribution in [2.45, 2.75) is 0 Å². The minimum Gasteiger partial charge on any atom is -0.444 e. The molecular weight excluding hydrogens is 362 g/mol. The molecule has 0 saturated heterocycles. The van der Waals surface area contributed by atoms with Gasteiger partial charge < -0.3 is 4.74 Å². The Morgan fingerprint density at radius 2 is 1.71 bits per heavy atom. The molecule has 2 aromatic carbocycles. The summed E-state index contributed by atoms with van der Waals surface area (Å²) in [7, 11) is 0. The van der Waals surface area contributed by atoms with Crippen molar-refractivity contribution in [1.29, 1.82) is 0 Å². The van der Waals surface area contributed by atoms with E-state index < -0.39 is 45.4 Å². The summed E-state index contributed by atoms with van der Waals surface area (Å²) in [6.45, 7) is 0. The second-order valence-electron chi connectivity index (χ2n) is 3.77. The highest BCUT2D eigenvalue weighted by molar-refractivity contribution is 9.10. The van der Waals surface area contributed by atoms with Crippen LogP contribution in [0.5, 0.6) is 11.5 Å². The molecule has 0 fully saturated rings. The Morgan fingerprint density at radius 1 is 1.05 bits per heavy atom. The molecule has 0 aliphatic rings. The van der Waals surface area contributed by atoms with E-state index >= 15 is 0 Å². The Balaban J connectivity index is 2.59. The summed E-state index contributed by atoms with van der Waals surface area (Å²) in [5.74, 6) is -7.88. The summed E-state index contributed by atoms with van der Waals surface area (Å²) in [6, 6.07) is 2.88. The molecule has 0 aromatic heterocycles. The van der Waals surface area contributed by atoms with E-state index in [9.17, 15) is 27.7 Å². The minimum absolute atomic E-state index is 0.0517. The Labute approximate surface area is 123 Å². The Kier molecular flexibility index (Phi) is 4.12. The van der Waals surface area contributed by atoms with Crippen LogP contribution in [-0.4, -0.2) is 4.92 Å². The third kappa shape index (κ3) is 2.97. The van der Waals surface area contributed by atoms with Gasteiger partial charge in [0.05, 0.1) is 4.92 Å². The van der Waals surface area contributed by atoms with Gasteiger partial charge in [0.15, 0.2) is 17.4 Å². The van der Waals surface area contributed by atoms with Crippen molar-refractivity contribution in [2.75, 3.05) is 0 Å². The molecule has 4 nitrogen and oxygen atoms in total. The lowest BCUT2D eigenvalue weighted by molar-refractivity contribution is -0.385. The number of rotatable bonds is 3. The van der Waals surface area contributed by atoms with E-state index in [-0.39, 0.29) is 4.47 Å². The molecule has 0 saturated carbocycles. The molecule has 0 spiro atoms. The number of nitrogens with zero attached hydrogens (tertiary/aromatic N) is 1. The first-order valence-electron chi connectivity index (χ1n) is 5.26. The molecule has 9 heteroatoms. The second-order valence-corrected chi connectivity index (χ2v) is 4.68. The predicted molar refractivity (Wildman–Crippen MR) is 67.1 cm³/mol. The number of ether oxygens (including phenoxy) is 1. The molecule has 2 rings (SSSR count). The van der Waals surface area contributed by atoms with Gasteiger partial charge in [-0.05, 0) is 18.2 Å². The highest BCUT2D eigenvalue weighted by Crippen LogP contribution is 2.37. The summed E-state index contributed by atoms with van der Waals surface area (Å²) in [4.78, 5) is 9.72. The number of halogens is 5. The average molecular weight is 366 g/mol. The zero-order valence-electron chi connectivity index (χ0n) is 9.87. The third-order valence-electron chi connectivity index (χ3n) is 2.40. The molecule has 0 radical (unpaired) electrons. The van der Waals surface area contributed by atoms with Crippen molar-refractivity contribution in [2.24, 2.45) is 0 Å². The molecule has 0 bridgehead atoms. The quantitative estimate of drug-likeness (QED) is 0.342. The maximum absolute atomic E-state index is 13.6. The molecule has 0 aliphatic carbocycles. The lowest BCUT2D eigenvalue weighted by atomic mass is 10.2. The maximum Gasteiger partial charge on any atom is 0.314 e. The fraction of sp³-hybridized carbons (Fsp3) is 0. The summed E-state index contributed by atoms with van der Waals surface area (Å²) in [5, 5.41) is 10.8. The van der Waals surface area contributed by atoms with E-state index in [0.717, 1.165) is 12.1 Å². The Bertz CT molecular complexity index is 739. The highest BCUT2D eigenvalue weighted by Gasteiger charge is 2.25. The topological polar surface area (TPSA) is 52.4 Å². The first kappa shape index (κ1) is 15.2. The van der Waals surface area contributed by atoms with Crippen molar-refractivity contribution in [3.05, 3.63) is 62.1 Å². The number of nitro benzene ring substituents is 1. The normalized spacial score (nSPS) is 10.5. The van der Waals surface area contributed by atoms with E-state index in [2.05, 4.69) is 20.7 Å². The van der Waals surface area contributed by atoms with Crippen molar-refractivity contribution in [3.63, 3.8) is 0 Å². The number of hydrogen-bond donors (Lipinski definition) is 0. The zero-order valence-corrected chi connectivity index (χ0v) is 11.5. The van der Waals surface area contributed by atoms with E-state index in [1.54, 1.807) is 0 Å². The average Bonchev–Trinajstić information content (AvgIpc) is 2.40. The summed E-state index contributed by atoms with van der Waals surface area (Å²) in [5.41, 5.74) is -0.923. The first-order chi connectivity index (χ1) is 9.81. The monoisotopic (exact) mass is 365 g/mol. The maximum atomic E-state index is 13.6. The summed E-state index contributed by atoms with van der Waals surface area (Å²) >= 11 is 2.85. The molecule has 2 aromatic rings. The number of hydrogen-bond acceptors (Lipinski definition) is 3. The predicted octanol–water partition coefficient (Wildman–Crippen LogP) is 4.71. The van der Waals surface area contributed by atoms with Gasteiger partial charge in [-0.25, -0.2) is 8.78 Å². The lowest BCUT2D eigenvalue weighted by Crippen LogP contribution is -2.00. The van der Waals surface area contributed by atoms with Crippen molar-refractivity contribution in [1.82, 2.24) is 0 Å². The first-order valence-corrected chi connectivity index (χ1v) is 6.05. The van der Waals surface area contributed by atoms with Gasteiger partial charge in [0.2, 0.25) is 17.4 Å². The highest BCUT2D eigenvalue weighted by atomic mass is 79.9. The SMILES string of the molecule is O=[N+]([O-])c1ccc(F)c(F)c1Oc1cc(Br)cc(F)c1F. The molecule has 0 amide bonds. The van der Waals surface area contributed by atoms with Gasteiger partial charge in [-0.15, -0.1) is 0 Å². The fourth-order valence-electron chi connectivity index (χ4n) is 1.48. The van der Waals surface area contributed by atoms with Crippen molar-refractivity contribution >= 4 is 21.6 Å². The van der Waals surface area contributed by atoms with Crippen LogP contribution < -0.4 is 4.74 Å². The molecule has 0 unspecified atom stereocenters. The van der Waals surface area contributed by atoms with Crippen LogP contribution in [0.4, 0.5) is 23.2 Å². The third-order valence-corrected chi connectivity index (χ3v) is 2.86.